The maximum atomic E-state index is 5.22. The highest BCUT2D eigenvalue weighted by molar-refractivity contribution is 5.11. The molecule has 0 aromatic heterocycles. The van der Waals surface area contributed by atoms with Crippen molar-refractivity contribution in [3.8, 4) is 12.3 Å². The zero-order valence-corrected chi connectivity index (χ0v) is 5.36. The number of hydrogen-bond donors (Lipinski definition) is 1. The van der Waals surface area contributed by atoms with Crippen LogP contribution in [-0.4, -0.2) is 12.1 Å². The smallest absolute Gasteiger partial charge is 0.0501 e. The van der Waals surface area contributed by atoms with Crippen LogP contribution in [0.2, 0.25) is 0 Å². The van der Waals surface area contributed by atoms with E-state index in [0.29, 0.717) is 5.92 Å². The average molecular weight is 109 g/mol. The molecule has 1 aliphatic rings. The number of terminal acetylenes is 1. The summed E-state index contributed by atoms with van der Waals surface area (Å²) >= 11 is 0. The van der Waals surface area contributed by atoms with Crippen LogP contribution >= 0.6 is 0 Å². The van der Waals surface area contributed by atoms with E-state index in [1.165, 1.54) is 0 Å². The summed E-state index contributed by atoms with van der Waals surface area (Å²) in [5.41, 5.74) is 0.203. The SMILES string of the molecule is C#CC1CNC1(C)C. The van der Waals surface area contributed by atoms with Crippen LogP contribution in [0.1, 0.15) is 13.8 Å². The molecule has 1 fully saturated rings. The molecule has 0 bridgehead atoms. The van der Waals surface area contributed by atoms with Crippen LogP contribution in [0, 0.1) is 18.3 Å². The van der Waals surface area contributed by atoms with E-state index in [4.69, 9.17) is 6.42 Å². The van der Waals surface area contributed by atoms with Gasteiger partial charge >= 0.3 is 0 Å². The molecule has 1 aliphatic heterocycles. The molecule has 1 atom stereocenters. The number of rotatable bonds is 0. The van der Waals surface area contributed by atoms with Crippen molar-refractivity contribution in [2.75, 3.05) is 6.54 Å². The summed E-state index contributed by atoms with van der Waals surface area (Å²) in [5.74, 6) is 3.18. The number of hydrogen-bond acceptors (Lipinski definition) is 1. The van der Waals surface area contributed by atoms with Crippen molar-refractivity contribution in [1.29, 1.82) is 0 Å². The average Bonchev–Trinajstić information content (AvgIpc) is 1.66. The first-order valence-corrected chi connectivity index (χ1v) is 2.88. The van der Waals surface area contributed by atoms with Crippen molar-refractivity contribution >= 4 is 0 Å². The Hall–Kier alpha value is -0.480. The van der Waals surface area contributed by atoms with Crippen LogP contribution in [0.3, 0.4) is 0 Å². The van der Waals surface area contributed by atoms with Crippen LogP contribution < -0.4 is 5.32 Å². The second kappa shape index (κ2) is 1.50. The molecule has 0 amide bonds. The van der Waals surface area contributed by atoms with Crippen LogP contribution in [0.4, 0.5) is 0 Å². The van der Waals surface area contributed by atoms with Gasteiger partial charge in [0.1, 0.15) is 0 Å². The van der Waals surface area contributed by atoms with Gasteiger partial charge in [-0.05, 0) is 13.8 Å². The second-order valence-electron chi connectivity index (χ2n) is 2.82. The highest BCUT2D eigenvalue weighted by Gasteiger charge is 2.35. The molecule has 0 radical (unpaired) electrons. The molecular formula is C7H11N. The van der Waals surface area contributed by atoms with Crippen molar-refractivity contribution < 1.29 is 0 Å². The van der Waals surface area contributed by atoms with Crippen molar-refractivity contribution in [2.24, 2.45) is 5.92 Å². The molecule has 1 heterocycles. The maximum absolute atomic E-state index is 5.22. The lowest BCUT2D eigenvalue weighted by Crippen LogP contribution is -2.60. The van der Waals surface area contributed by atoms with E-state index >= 15 is 0 Å². The van der Waals surface area contributed by atoms with Crippen LogP contribution in [0.5, 0.6) is 0 Å². The molecule has 0 spiro atoms. The third-order valence-corrected chi connectivity index (χ3v) is 1.83. The summed E-state index contributed by atoms with van der Waals surface area (Å²) in [7, 11) is 0. The largest absolute Gasteiger partial charge is 0.309 e. The molecule has 1 N–H and O–H groups in total. The van der Waals surface area contributed by atoms with Gasteiger partial charge in [0.15, 0.2) is 0 Å². The quantitative estimate of drug-likeness (QED) is 0.450. The van der Waals surface area contributed by atoms with Crippen LogP contribution in [-0.2, 0) is 0 Å². The van der Waals surface area contributed by atoms with E-state index in [1.807, 2.05) is 0 Å². The fourth-order valence-corrected chi connectivity index (χ4v) is 0.880. The molecule has 1 nitrogen and oxygen atoms in total. The summed E-state index contributed by atoms with van der Waals surface area (Å²) < 4.78 is 0. The van der Waals surface area contributed by atoms with Crippen LogP contribution in [0.25, 0.3) is 0 Å². The van der Waals surface area contributed by atoms with Crippen molar-refractivity contribution in [3.63, 3.8) is 0 Å². The van der Waals surface area contributed by atoms with E-state index < -0.39 is 0 Å². The fourth-order valence-electron chi connectivity index (χ4n) is 0.880. The predicted molar refractivity (Wildman–Crippen MR) is 34.4 cm³/mol. The topological polar surface area (TPSA) is 12.0 Å². The van der Waals surface area contributed by atoms with Gasteiger partial charge in [-0.3, -0.25) is 0 Å². The van der Waals surface area contributed by atoms with E-state index in [-0.39, 0.29) is 5.54 Å². The fraction of sp³-hybridized carbons (Fsp3) is 0.714. The minimum absolute atomic E-state index is 0.203. The molecular weight excluding hydrogens is 98.1 g/mol. The standard InChI is InChI=1S/C7H11N/c1-4-6-5-8-7(6,2)3/h1,6,8H,5H2,2-3H3. The summed E-state index contributed by atoms with van der Waals surface area (Å²) in [6, 6.07) is 0. The Labute approximate surface area is 50.5 Å². The Bertz CT molecular complexity index is 130. The van der Waals surface area contributed by atoms with E-state index in [0.717, 1.165) is 6.54 Å². The summed E-state index contributed by atoms with van der Waals surface area (Å²) in [5, 5.41) is 3.24. The van der Waals surface area contributed by atoms with E-state index in [2.05, 4.69) is 25.1 Å². The van der Waals surface area contributed by atoms with E-state index in [1.54, 1.807) is 0 Å². The van der Waals surface area contributed by atoms with E-state index in [9.17, 15) is 0 Å². The zero-order chi connectivity index (χ0) is 6.20. The Kier molecular flexibility index (Phi) is 1.06. The van der Waals surface area contributed by atoms with Gasteiger partial charge in [-0.1, -0.05) is 0 Å². The van der Waals surface area contributed by atoms with Gasteiger partial charge in [0, 0.05) is 12.1 Å². The molecule has 0 saturated carbocycles. The van der Waals surface area contributed by atoms with Gasteiger partial charge < -0.3 is 5.32 Å². The summed E-state index contributed by atoms with van der Waals surface area (Å²) in [6.07, 6.45) is 5.22. The lowest BCUT2D eigenvalue weighted by atomic mass is 9.80. The molecule has 0 aromatic rings. The Morgan fingerprint density at radius 1 is 1.75 bits per heavy atom. The van der Waals surface area contributed by atoms with Gasteiger partial charge in [-0.2, -0.15) is 0 Å². The van der Waals surface area contributed by atoms with Gasteiger partial charge in [0.25, 0.3) is 0 Å². The summed E-state index contributed by atoms with van der Waals surface area (Å²) in [6.45, 7) is 5.24. The monoisotopic (exact) mass is 109 g/mol. The lowest BCUT2D eigenvalue weighted by Gasteiger charge is -2.42. The van der Waals surface area contributed by atoms with Crippen molar-refractivity contribution in [1.82, 2.24) is 5.32 Å². The molecule has 1 unspecified atom stereocenters. The minimum Gasteiger partial charge on any atom is -0.309 e. The second-order valence-corrected chi connectivity index (χ2v) is 2.82. The molecule has 1 saturated heterocycles. The van der Waals surface area contributed by atoms with Gasteiger partial charge in [-0.25, -0.2) is 0 Å². The summed E-state index contributed by atoms with van der Waals surface area (Å²) in [4.78, 5) is 0. The highest BCUT2D eigenvalue weighted by atomic mass is 15.0. The van der Waals surface area contributed by atoms with Gasteiger partial charge in [0.05, 0.1) is 5.92 Å². The predicted octanol–water partition coefficient (Wildman–Crippen LogP) is 0.618. The highest BCUT2D eigenvalue weighted by Crippen LogP contribution is 2.23. The Balaban J connectivity index is 2.53. The Morgan fingerprint density at radius 3 is 2.38 bits per heavy atom. The van der Waals surface area contributed by atoms with Gasteiger partial charge in [0.2, 0.25) is 0 Å². The normalized spacial score (nSPS) is 32.9. The molecule has 0 aromatic carbocycles. The molecule has 44 valence electrons. The van der Waals surface area contributed by atoms with Crippen LogP contribution in [0.15, 0.2) is 0 Å². The first-order chi connectivity index (χ1) is 3.67. The first-order valence-electron chi connectivity index (χ1n) is 2.88. The first kappa shape index (κ1) is 5.65. The number of nitrogens with one attached hydrogen (secondary N) is 1. The van der Waals surface area contributed by atoms with Crippen molar-refractivity contribution in [3.05, 3.63) is 0 Å². The molecule has 8 heavy (non-hydrogen) atoms. The van der Waals surface area contributed by atoms with Gasteiger partial charge in [-0.15, -0.1) is 12.3 Å². The lowest BCUT2D eigenvalue weighted by molar-refractivity contribution is 0.192. The molecule has 1 heteroatoms. The maximum Gasteiger partial charge on any atom is 0.0501 e. The molecule has 0 aliphatic carbocycles. The van der Waals surface area contributed by atoms with Crippen molar-refractivity contribution in [2.45, 2.75) is 19.4 Å². The zero-order valence-electron chi connectivity index (χ0n) is 5.36. The minimum atomic E-state index is 0.203. The Morgan fingerprint density at radius 2 is 2.38 bits per heavy atom. The third-order valence-electron chi connectivity index (χ3n) is 1.83. The third kappa shape index (κ3) is 0.617. The molecule has 1 rings (SSSR count).